The zero-order chi connectivity index (χ0) is 19.1. The molecule has 10 heteroatoms. The average molecular weight is 404 g/mol. The SMILES string of the molecule is CC(Sc1nnc2c(Cl)cc(C(F)(F)F)cn12)C(=O)c1ccc(F)cc1. The van der Waals surface area contributed by atoms with Gasteiger partial charge in [0.25, 0.3) is 0 Å². The van der Waals surface area contributed by atoms with Crippen molar-refractivity contribution in [1.82, 2.24) is 14.6 Å². The van der Waals surface area contributed by atoms with Crippen LogP contribution in [0.3, 0.4) is 0 Å². The highest BCUT2D eigenvalue weighted by atomic mass is 35.5. The van der Waals surface area contributed by atoms with Gasteiger partial charge in [0.1, 0.15) is 5.82 Å². The molecule has 0 aliphatic carbocycles. The van der Waals surface area contributed by atoms with Gasteiger partial charge in [-0.15, -0.1) is 10.2 Å². The van der Waals surface area contributed by atoms with Crippen LogP contribution in [-0.4, -0.2) is 25.6 Å². The van der Waals surface area contributed by atoms with Crippen LogP contribution in [0.5, 0.6) is 0 Å². The van der Waals surface area contributed by atoms with E-state index in [1.165, 1.54) is 12.1 Å². The molecule has 0 amide bonds. The summed E-state index contributed by atoms with van der Waals surface area (Å²) >= 11 is 6.79. The van der Waals surface area contributed by atoms with Crippen LogP contribution >= 0.6 is 23.4 Å². The van der Waals surface area contributed by atoms with E-state index in [-0.39, 0.29) is 27.2 Å². The zero-order valence-corrected chi connectivity index (χ0v) is 14.7. The summed E-state index contributed by atoms with van der Waals surface area (Å²) < 4.78 is 53.0. The van der Waals surface area contributed by atoms with Crippen molar-refractivity contribution < 1.29 is 22.4 Å². The predicted molar refractivity (Wildman–Crippen MR) is 89.0 cm³/mol. The predicted octanol–water partition coefficient (Wildman–Crippen LogP) is 4.90. The average Bonchev–Trinajstić information content (AvgIpc) is 2.97. The normalized spacial score (nSPS) is 13.2. The quantitative estimate of drug-likeness (QED) is 0.353. The van der Waals surface area contributed by atoms with Crippen molar-refractivity contribution in [1.29, 1.82) is 0 Å². The second-order valence-electron chi connectivity index (χ2n) is 5.38. The van der Waals surface area contributed by atoms with Gasteiger partial charge in [0.05, 0.1) is 15.8 Å². The number of hydrogen-bond acceptors (Lipinski definition) is 4. The molecule has 136 valence electrons. The third kappa shape index (κ3) is 3.68. The molecule has 0 aliphatic rings. The summed E-state index contributed by atoms with van der Waals surface area (Å²) in [4.78, 5) is 12.4. The molecule has 26 heavy (non-hydrogen) atoms. The molecule has 0 bridgehead atoms. The van der Waals surface area contributed by atoms with Crippen molar-refractivity contribution in [2.75, 3.05) is 0 Å². The number of benzene rings is 1. The van der Waals surface area contributed by atoms with E-state index in [4.69, 9.17) is 11.6 Å². The lowest BCUT2D eigenvalue weighted by molar-refractivity contribution is -0.137. The highest BCUT2D eigenvalue weighted by Gasteiger charge is 2.32. The number of fused-ring (bicyclic) bond motifs is 1. The minimum absolute atomic E-state index is 0.0589. The second-order valence-corrected chi connectivity index (χ2v) is 7.10. The number of alkyl halides is 3. The van der Waals surface area contributed by atoms with Gasteiger partial charge in [-0.3, -0.25) is 9.20 Å². The molecule has 4 nitrogen and oxygen atoms in total. The Bertz CT molecular complexity index is 972. The number of carbonyl (C=O) groups excluding carboxylic acids is 1. The molecule has 2 heterocycles. The Morgan fingerprint density at radius 1 is 1.23 bits per heavy atom. The lowest BCUT2D eigenvalue weighted by Crippen LogP contribution is -2.14. The molecule has 1 aromatic carbocycles. The summed E-state index contributed by atoms with van der Waals surface area (Å²) in [5, 5.41) is 6.81. The Hall–Kier alpha value is -2.13. The highest BCUT2D eigenvalue weighted by Crippen LogP contribution is 2.34. The first-order chi connectivity index (χ1) is 12.2. The molecule has 3 aromatic rings. The van der Waals surface area contributed by atoms with Crippen LogP contribution in [0.1, 0.15) is 22.8 Å². The van der Waals surface area contributed by atoms with Gasteiger partial charge in [-0.05, 0) is 37.3 Å². The summed E-state index contributed by atoms with van der Waals surface area (Å²) in [7, 11) is 0. The van der Waals surface area contributed by atoms with Gasteiger partial charge in [-0.2, -0.15) is 13.2 Å². The highest BCUT2D eigenvalue weighted by molar-refractivity contribution is 8.00. The van der Waals surface area contributed by atoms with E-state index >= 15 is 0 Å². The smallest absolute Gasteiger partial charge is 0.293 e. The molecule has 1 atom stereocenters. The van der Waals surface area contributed by atoms with E-state index < -0.39 is 22.8 Å². The van der Waals surface area contributed by atoms with Crippen molar-refractivity contribution in [3.8, 4) is 0 Å². The van der Waals surface area contributed by atoms with Crippen LogP contribution in [0, 0.1) is 5.82 Å². The summed E-state index contributed by atoms with van der Waals surface area (Å²) in [5.41, 5.74) is -0.605. The molecule has 0 fully saturated rings. The van der Waals surface area contributed by atoms with Crippen molar-refractivity contribution in [2.45, 2.75) is 23.5 Å². The first-order valence-electron chi connectivity index (χ1n) is 7.24. The van der Waals surface area contributed by atoms with Gasteiger partial charge in [0, 0.05) is 11.8 Å². The molecular weight excluding hydrogens is 394 g/mol. The van der Waals surface area contributed by atoms with Gasteiger partial charge >= 0.3 is 6.18 Å². The van der Waals surface area contributed by atoms with Gasteiger partial charge in [0.2, 0.25) is 0 Å². The van der Waals surface area contributed by atoms with E-state index in [9.17, 15) is 22.4 Å². The van der Waals surface area contributed by atoms with E-state index in [1.807, 2.05) is 0 Å². The number of Topliss-reactive ketones (excluding diaryl/α,β-unsaturated/α-hetero) is 1. The van der Waals surface area contributed by atoms with Gasteiger partial charge < -0.3 is 0 Å². The maximum absolute atomic E-state index is 13.0. The van der Waals surface area contributed by atoms with Crippen LogP contribution in [0.15, 0.2) is 41.7 Å². The molecule has 0 saturated heterocycles. The second kappa shape index (κ2) is 6.88. The number of rotatable bonds is 4. The number of ketones is 1. The monoisotopic (exact) mass is 403 g/mol. The van der Waals surface area contributed by atoms with E-state index in [0.29, 0.717) is 0 Å². The maximum Gasteiger partial charge on any atom is 0.417 e. The van der Waals surface area contributed by atoms with Gasteiger partial charge in [0.15, 0.2) is 16.6 Å². The fourth-order valence-corrected chi connectivity index (χ4v) is 3.38. The lowest BCUT2D eigenvalue weighted by atomic mass is 10.1. The number of nitrogens with zero attached hydrogens (tertiary/aromatic N) is 3. The number of pyridine rings is 1. The molecule has 0 aliphatic heterocycles. The maximum atomic E-state index is 13.0. The zero-order valence-electron chi connectivity index (χ0n) is 13.1. The molecule has 0 spiro atoms. The Morgan fingerprint density at radius 2 is 1.88 bits per heavy atom. The van der Waals surface area contributed by atoms with Crippen LogP contribution in [0.25, 0.3) is 5.65 Å². The minimum Gasteiger partial charge on any atom is -0.293 e. The summed E-state index contributed by atoms with van der Waals surface area (Å²) in [6.45, 7) is 1.58. The fourth-order valence-electron chi connectivity index (χ4n) is 2.23. The third-order valence-corrected chi connectivity index (χ3v) is 4.87. The Balaban J connectivity index is 1.92. The van der Waals surface area contributed by atoms with Gasteiger partial charge in [-0.25, -0.2) is 4.39 Å². The van der Waals surface area contributed by atoms with Crippen LogP contribution < -0.4 is 0 Å². The molecular formula is C16H10ClF4N3OS. The van der Waals surface area contributed by atoms with Crippen molar-refractivity contribution >= 4 is 34.8 Å². The summed E-state index contributed by atoms with van der Waals surface area (Å²) in [5.74, 6) is -0.788. The fraction of sp³-hybridized carbons (Fsp3) is 0.188. The first kappa shape index (κ1) is 18.7. The number of aromatic nitrogens is 3. The van der Waals surface area contributed by atoms with Crippen LogP contribution in [0.4, 0.5) is 17.6 Å². The molecule has 1 unspecified atom stereocenters. The van der Waals surface area contributed by atoms with E-state index in [2.05, 4.69) is 10.2 Å². The van der Waals surface area contributed by atoms with Gasteiger partial charge in [-0.1, -0.05) is 23.4 Å². The number of halogens is 5. The van der Waals surface area contributed by atoms with Crippen molar-refractivity contribution in [3.63, 3.8) is 0 Å². The number of hydrogen-bond donors (Lipinski definition) is 0. The Kier molecular flexibility index (Phi) is 4.94. The molecule has 0 saturated carbocycles. The third-order valence-electron chi connectivity index (χ3n) is 3.54. The van der Waals surface area contributed by atoms with Crippen molar-refractivity contribution in [2.24, 2.45) is 0 Å². The molecule has 0 radical (unpaired) electrons. The minimum atomic E-state index is -4.58. The van der Waals surface area contributed by atoms with Crippen LogP contribution in [0.2, 0.25) is 5.02 Å². The van der Waals surface area contributed by atoms with E-state index in [0.717, 1.165) is 40.6 Å². The standard InChI is InChI=1S/C16H10ClF4N3OS/c1-8(13(25)9-2-4-11(18)5-3-9)26-15-23-22-14-12(17)6-10(7-24(14)15)16(19,20)21/h2-8H,1H3. The number of carbonyl (C=O) groups is 1. The lowest BCUT2D eigenvalue weighted by Gasteiger charge is -2.11. The summed E-state index contributed by atoms with van der Waals surface area (Å²) in [6, 6.07) is 5.77. The molecule has 2 aromatic heterocycles. The first-order valence-corrected chi connectivity index (χ1v) is 8.50. The Morgan fingerprint density at radius 3 is 2.50 bits per heavy atom. The van der Waals surface area contributed by atoms with E-state index in [1.54, 1.807) is 6.92 Å². The molecule has 3 rings (SSSR count). The van der Waals surface area contributed by atoms with Crippen molar-refractivity contribution in [3.05, 3.63) is 58.5 Å². The summed E-state index contributed by atoms with van der Waals surface area (Å²) in [6.07, 6.45) is -3.75. The topological polar surface area (TPSA) is 47.3 Å². The van der Waals surface area contributed by atoms with Crippen LogP contribution in [-0.2, 0) is 6.18 Å². The largest absolute Gasteiger partial charge is 0.417 e. The Labute approximate surface area is 154 Å². The number of thioether (sulfide) groups is 1. The molecule has 0 N–H and O–H groups in total.